The molecule has 0 fully saturated rings. The summed E-state index contributed by atoms with van der Waals surface area (Å²) in [6.07, 6.45) is 5.31. The third kappa shape index (κ3) is 4.00. The van der Waals surface area contributed by atoms with E-state index in [2.05, 4.69) is 41.3 Å². The highest BCUT2D eigenvalue weighted by Gasteiger charge is 2.31. The highest BCUT2D eigenvalue weighted by molar-refractivity contribution is 6.40. The highest BCUT2D eigenvalue weighted by Crippen LogP contribution is 2.23. The van der Waals surface area contributed by atoms with Crippen LogP contribution in [0.2, 0.25) is 0 Å². The van der Waals surface area contributed by atoms with Gasteiger partial charge in [0, 0.05) is 18.5 Å². The Morgan fingerprint density at radius 2 is 2.15 bits per heavy atom. The molecular formula is C15H26N4O. The van der Waals surface area contributed by atoms with Gasteiger partial charge in [-0.1, -0.05) is 32.9 Å². The fourth-order valence-electron chi connectivity index (χ4n) is 1.98. The molecule has 0 amide bonds. The van der Waals surface area contributed by atoms with Gasteiger partial charge in [0.2, 0.25) is 5.78 Å². The second kappa shape index (κ2) is 6.79. The fourth-order valence-corrected chi connectivity index (χ4v) is 1.98. The Kier molecular flexibility index (Phi) is 5.62. The summed E-state index contributed by atoms with van der Waals surface area (Å²) in [5.74, 6) is 0.387. The third-order valence-corrected chi connectivity index (χ3v) is 3.67. The van der Waals surface area contributed by atoms with Crippen LogP contribution < -0.4 is 11.1 Å². The van der Waals surface area contributed by atoms with Crippen LogP contribution in [0.25, 0.3) is 0 Å². The zero-order chi connectivity index (χ0) is 15.3. The SMILES string of the molecule is CC1C=CC(C)(N=C(N=CN)C(=O)C(C)C)C(C)NC1. The van der Waals surface area contributed by atoms with Crippen LogP contribution in [0.4, 0.5) is 0 Å². The van der Waals surface area contributed by atoms with Gasteiger partial charge in [-0.15, -0.1) is 0 Å². The molecule has 1 rings (SSSR count). The largest absolute Gasteiger partial charge is 0.390 e. The zero-order valence-corrected chi connectivity index (χ0v) is 13.1. The molecule has 0 aromatic rings. The van der Waals surface area contributed by atoms with Gasteiger partial charge in [0.05, 0.1) is 11.9 Å². The third-order valence-electron chi connectivity index (χ3n) is 3.67. The van der Waals surface area contributed by atoms with E-state index in [9.17, 15) is 4.79 Å². The van der Waals surface area contributed by atoms with E-state index in [0.717, 1.165) is 12.9 Å². The van der Waals surface area contributed by atoms with E-state index in [-0.39, 0.29) is 23.6 Å². The molecule has 5 nitrogen and oxygen atoms in total. The topological polar surface area (TPSA) is 79.8 Å². The second-order valence-corrected chi connectivity index (χ2v) is 5.92. The normalized spacial score (nSPS) is 31.8. The predicted molar refractivity (Wildman–Crippen MR) is 84.1 cm³/mol. The molecule has 0 saturated carbocycles. The van der Waals surface area contributed by atoms with Crippen molar-refractivity contribution < 1.29 is 4.79 Å². The quantitative estimate of drug-likeness (QED) is 0.467. The Balaban J connectivity index is 3.18. The summed E-state index contributed by atoms with van der Waals surface area (Å²) in [5.41, 5.74) is 4.84. The minimum absolute atomic E-state index is 0.0918. The van der Waals surface area contributed by atoms with Crippen molar-refractivity contribution in [1.82, 2.24) is 5.32 Å². The summed E-state index contributed by atoms with van der Waals surface area (Å²) in [6.45, 7) is 10.8. The van der Waals surface area contributed by atoms with E-state index in [1.807, 2.05) is 20.8 Å². The van der Waals surface area contributed by atoms with E-state index >= 15 is 0 Å². The van der Waals surface area contributed by atoms with Gasteiger partial charge in [0.15, 0.2) is 5.84 Å². The van der Waals surface area contributed by atoms with Crippen LogP contribution in [-0.4, -0.2) is 36.1 Å². The molecule has 0 aliphatic carbocycles. The maximum Gasteiger partial charge on any atom is 0.202 e. The van der Waals surface area contributed by atoms with E-state index in [0.29, 0.717) is 5.92 Å². The van der Waals surface area contributed by atoms with Gasteiger partial charge >= 0.3 is 0 Å². The molecule has 0 spiro atoms. The standard InChI is InChI=1S/C15H26N4O/c1-10(2)13(20)14(18-9-16)19-15(5)7-6-11(3)8-17-12(15)4/h6-7,9-12,17H,8H2,1-5H3,(H2,16,18,19). The lowest BCUT2D eigenvalue weighted by molar-refractivity contribution is -0.115. The van der Waals surface area contributed by atoms with Crippen LogP contribution in [-0.2, 0) is 4.79 Å². The second-order valence-electron chi connectivity index (χ2n) is 5.92. The van der Waals surface area contributed by atoms with Crippen molar-refractivity contribution in [3.63, 3.8) is 0 Å². The summed E-state index contributed by atoms with van der Waals surface area (Å²) >= 11 is 0. The molecule has 0 radical (unpaired) electrons. The van der Waals surface area contributed by atoms with Crippen LogP contribution in [0, 0.1) is 11.8 Å². The van der Waals surface area contributed by atoms with Crippen molar-refractivity contribution in [3.05, 3.63) is 12.2 Å². The van der Waals surface area contributed by atoms with Crippen LogP contribution in [0.15, 0.2) is 22.1 Å². The van der Waals surface area contributed by atoms with E-state index < -0.39 is 5.54 Å². The van der Waals surface area contributed by atoms with Gasteiger partial charge in [-0.2, -0.15) is 0 Å². The molecule has 3 atom stereocenters. The van der Waals surface area contributed by atoms with Crippen molar-refractivity contribution in [2.24, 2.45) is 27.6 Å². The minimum Gasteiger partial charge on any atom is -0.390 e. The van der Waals surface area contributed by atoms with Crippen LogP contribution >= 0.6 is 0 Å². The molecule has 0 aromatic carbocycles. The molecule has 0 bridgehead atoms. The number of hydrogen-bond acceptors (Lipinski definition) is 3. The van der Waals surface area contributed by atoms with Gasteiger partial charge in [-0.3, -0.25) is 9.79 Å². The Morgan fingerprint density at radius 3 is 2.70 bits per heavy atom. The van der Waals surface area contributed by atoms with Gasteiger partial charge in [-0.05, 0) is 19.8 Å². The Morgan fingerprint density at radius 1 is 1.50 bits per heavy atom. The maximum atomic E-state index is 12.2. The van der Waals surface area contributed by atoms with Gasteiger partial charge in [-0.25, -0.2) is 4.99 Å². The molecule has 1 aliphatic heterocycles. The molecule has 3 unspecified atom stereocenters. The lowest BCUT2D eigenvalue weighted by atomic mass is 9.93. The van der Waals surface area contributed by atoms with Gasteiger partial charge in [0.25, 0.3) is 0 Å². The Labute approximate surface area is 121 Å². The summed E-state index contributed by atoms with van der Waals surface area (Å²) in [5, 5.41) is 3.44. The minimum atomic E-state index is -0.503. The van der Waals surface area contributed by atoms with Crippen LogP contribution in [0.5, 0.6) is 0 Å². The lowest BCUT2D eigenvalue weighted by Crippen LogP contribution is -2.45. The maximum absolute atomic E-state index is 12.2. The van der Waals surface area contributed by atoms with E-state index in [4.69, 9.17) is 5.73 Å². The number of aliphatic imine (C=N–C) groups is 2. The Hall–Kier alpha value is -1.49. The smallest absolute Gasteiger partial charge is 0.202 e. The first kappa shape index (κ1) is 16.6. The fraction of sp³-hybridized carbons (Fsp3) is 0.667. The monoisotopic (exact) mass is 278 g/mol. The number of nitrogens with two attached hydrogens (primary N) is 1. The number of rotatable bonds is 3. The summed E-state index contributed by atoms with van der Waals surface area (Å²) in [6, 6.07) is 0.117. The van der Waals surface area contributed by atoms with Gasteiger partial charge in [0.1, 0.15) is 0 Å². The molecule has 3 N–H and O–H groups in total. The van der Waals surface area contributed by atoms with Crippen molar-refractivity contribution in [1.29, 1.82) is 0 Å². The molecule has 20 heavy (non-hydrogen) atoms. The lowest BCUT2D eigenvalue weighted by Gasteiger charge is -2.28. The predicted octanol–water partition coefficient (Wildman–Crippen LogP) is 1.54. The van der Waals surface area contributed by atoms with E-state index in [1.54, 1.807) is 0 Å². The first-order valence-electron chi connectivity index (χ1n) is 7.11. The number of ketones is 1. The number of amidine groups is 1. The number of carbonyl (C=O) groups is 1. The average Bonchev–Trinajstić information content (AvgIpc) is 2.51. The first-order chi connectivity index (χ1) is 9.30. The molecular weight excluding hydrogens is 252 g/mol. The van der Waals surface area contributed by atoms with Crippen molar-refractivity contribution >= 4 is 18.0 Å². The number of Topliss-reactive ketones (excluding diaryl/α,β-unsaturated/α-hetero) is 1. The molecule has 0 aromatic heterocycles. The number of nitrogens with zero attached hydrogens (tertiary/aromatic N) is 2. The van der Waals surface area contributed by atoms with Crippen LogP contribution in [0.1, 0.15) is 34.6 Å². The summed E-state index contributed by atoms with van der Waals surface area (Å²) in [4.78, 5) is 20.7. The molecule has 5 heteroatoms. The molecule has 1 aliphatic rings. The molecule has 1 heterocycles. The van der Waals surface area contributed by atoms with E-state index in [1.165, 1.54) is 0 Å². The van der Waals surface area contributed by atoms with Gasteiger partial charge < -0.3 is 11.1 Å². The zero-order valence-electron chi connectivity index (χ0n) is 13.1. The number of hydrogen-bond donors (Lipinski definition) is 2. The summed E-state index contributed by atoms with van der Waals surface area (Å²) < 4.78 is 0. The van der Waals surface area contributed by atoms with Crippen molar-refractivity contribution in [3.8, 4) is 0 Å². The van der Waals surface area contributed by atoms with Crippen molar-refractivity contribution in [2.75, 3.05) is 6.54 Å². The average molecular weight is 278 g/mol. The highest BCUT2D eigenvalue weighted by atomic mass is 16.1. The van der Waals surface area contributed by atoms with Crippen LogP contribution in [0.3, 0.4) is 0 Å². The van der Waals surface area contributed by atoms with Crippen molar-refractivity contribution in [2.45, 2.75) is 46.2 Å². The number of carbonyl (C=O) groups excluding carboxylic acids is 1. The molecule has 112 valence electrons. The molecule has 0 saturated heterocycles. The first-order valence-corrected chi connectivity index (χ1v) is 7.11. The Bertz CT molecular complexity index is 439. The number of nitrogens with one attached hydrogen (secondary N) is 1. The summed E-state index contributed by atoms with van der Waals surface area (Å²) in [7, 11) is 0.